The summed E-state index contributed by atoms with van der Waals surface area (Å²) in [6, 6.07) is 2.35. The Morgan fingerprint density at radius 3 is 2.81 bits per heavy atom. The fourth-order valence-electron chi connectivity index (χ4n) is 2.38. The molecule has 2 aromatic heterocycles. The molecule has 10 heteroatoms. The predicted octanol–water partition coefficient (Wildman–Crippen LogP) is 3.10. The molecule has 0 aliphatic heterocycles. The van der Waals surface area contributed by atoms with Gasteiger partial charge in [-0.05, 0) is 12.1 Å². The summed E-state index contributed by atoms with van der Waals surface area (Å²) in [4.78, 5) is 8.38. The van der Waals surface area contributed by atoms with Crippen LogP contribution in [-0.4, -0.2) is 33.1 Å². The molecule has 0 fully saturated rings. The average molecular weight is 375 g/mol. The van der Waals surface area contributed by atoms with E-state index in [0.717, 1.165) is 12.3 Å². The zero-order chi connectivity index (χ0) is 19.4. The standard InChI is InChI=1S/C17H17F2N7O.H2/c1-26-9-11(7-23-26)24-17-22-6-10(5-20)16(25-17)21-8-12-13(18)3-4-14(27-2)15(12)19;/h3-7,9,20H,8H2,1-2H3,(H2,21,22,24,25);1H. The highest BCUT2D eigenvalue weighted by molar-refractivity contribution is 5.84. The van der Waals surface area contributed by atoms with Crippen LogP contribution < -0.4 is 15.4 Å². The largest absolute Gasteiger partial charge is 0.494 e. The molecule has 0 radical (unpaired) electrons. The summed E-state index contributed by atoms with van der Waals surface area (Å²) in [6.45, 7) is -0.181. The van der Waals surface area contributed by atoms with Gasteiger partial charge in [0, 0.05) is 39.2 Å². The van der Waals surface area contributed by atoms with Crippen molar-refractivity contribution in [2.45, 2.75) is 6.54 Å². The Bertz CT molecular complexity index is 980. The SMILES string of the molecule is COc1ccc(F)c(CNc2nc(Nc3cnn(C)c3)ncc2C=N)c1F.[HH]. The van der Waals surface area contributed by atoms with Crippen molar-refractivity contribution in [3.05, 3.63) is 53.5 Å². The lowest BCUT2D eigenvalue weighted by atomic mass is 10.1. The third-order valence-corrected chi connectivity index (χ3v) is 3.74. The van der Waals surface area contributed by atoms with Crippen LogP contribution in [0.5, 0.6) is 5.75 Å². The van der Waals surface area contributed by atoms with Crippen molar-refractivity contribution in [2.75, 3.05) is 17.7 Å². The first-order valence-corrected chi connectivity index (χ1v) is 7.89. The molecule has 2 heterocycles. The molecule has 0 unspecified atom stereocenters. The summed E-state index contributed by atoms with van der Waals surface area (Å²) in [7, 11) is 3.08. The molecular formula is C17H19F2N7O. The highest BCUT2D eigenvalue weighted by Crippen LogP contribution is 2.24. The van der Waals surface area contributed by atoms with Crippen molar-refractivity contribution < 1.29 is 14.9 Å². The third-order valence-electron chi connectivity index (χ3n) is 3.74. The molecule has 0 amide bonds. The molecule has 0 spiro atoms. The minimum atomic E-state index is -0.788. The van der Waals surface area contributed by atoms with E-state index in [1.54, 1.807) is 24.1 Å². The number of ether oxygens (including phenoxy) is 1. The zero-order valence-corrected chi connectivity index (χ0v) is 14.6. The van der Waals surface area contributed by atoms with Crippen molar-refractivity contribution in [2.24, 2.45) is 7.05 Å². The van der Waals surface area contributed by atoms with E-state index in [2.05, 4.69) is 25.7 Å². The highest BCUT2D eigenvalue weighted by atomic mass is 19.1. The van der Waals surface area contributed by atoms with E-state index in [0.29, 0.717) is 11.3 Å². The number of rotatable bonds is 7. The minimum absolute atomic E-state index is 0. The molecule has 0 bridgehead atoms. The molecule has 3 rings (SSSR count). The van der Waals surface area contributed by atoms with E-state index in [1.165, 1.54) is 19.4 Å². The lowest BCUT2D eigenvalue weighted by Crippen LogP contribution is -2.10. The molecule has 0 saturated carbocycles. The maximum absolute atomic E-state index is 14.3. The Morgan fingerprint density at radius 2 is 2.15 bits per heavy atom. The van der Waals surface area contributed by atoms with E-state index < -0.39 is 11.6 Å². The lowest BCUT2D eigenvalue weighted by Gasteiger charge is -2.12. The molecule has 3 N–H and O–H groups in total. The van der Waals surface area contributed by atoms with Crippen molar-refractivity contribution in [3.63, 3.8) is 0 Å². The molecule has 0 saturated heterocycles. The second-order valence-electron chi connectivity index (χ2n) is 5.57. The van der Waals surface area contributed by atoms with Gasteiger partial charge in [0.2, 0.25) is 5.95 Å². The number of nitrogens with one attached hydrogen (secondary N) is 3. The van der Waals surface area contributed by atoms with Gasteiger partial charge in [-0.3, -0.25) is 4.68 Å². The predicted molar refractivity (Wildman–Crippen MR) is 98.8 cm³/mol. The molecule has 8 nitrogen and oxygen atoms in total. The van der Waals surface area contributed by atoms with Crippen LogP contribution in [-0.2, 0) is 13.6 Å². The Labute approximate surface area is 155 Å². The fraction of sp³-hybridized carbons (Fsp3) is 0.176. The van der Waals surface area contributed by atoms with Gasteiger partial charge in [0.15, 0.2) is 11.6 Å². The number of anilines is 3. The summed E-state index contributed by atoms with van der Waals surface area (Å²) in [6.07, 6.45) is 5.82. The number of methoxy groups -OCH3 is 1. The molecule has 0 aliphatic carbocycles. The molecule has 27 heavy (non-hydrogen) atoms. The first-order valence-electron chi connectivity index (χ1n) is 7.89. The van der Waals surface area contributed by atoms with Gasteiger partial charge >= 0.3 is 0 Å². The van der Waals surface area contributed by atoms with E-state index in [4.69, 9.17) is 10.1 Å². The number of aromatic nitrogens is 4. The summed E-state index contributed by atoms with van der Waals surface area (Å²) < 4.78 is 34.8. The number of nitrogens with zero attached hydrogens (tertiary/aromatic N) is 4. The van der Waals surface area contributed by atoms with E-state index in [-0.39, 0.29) is 31.1 Å². The summed E-state index contributed by atoms with van der Waals surface area (Å²) in [5.74, 6) is -1.04. The van der Waals surface area contributed by atoms with Gasteiger partial charge < -0.3 is 20.8 Å². The Kier molecular flexibility index (Phi) is 5.25. The van der Waals surface area contributed by atoms with Gasteiger partial charge in [-0.1, -0.05) is 0 Å². The van der Waals surface area contributed by atoms with Crippen LogP contribution in [0, 0.1) is 17.0 Å². The number of halogens is 2. The van der Waals surface area contributed by atoms with Crippen molar-refractivity contribution in [3.8, 4) is 5.75 Å². The van der Waals surface area contributed by atoms with Crippen LogP contribution in [0.1, 0.15) is 12.6 Å². The third kappa shape index (κ3) is 4.00. The summed E-state index contributed by atoms with van der Waals surface area (Å²) >= 11 is 0. The summed E-state index contributed by atoms with van der Waals surface area (Å²) in [5, 5.41) is 17.3. The first-order chi connectivity index (χ1) is 13.0. The topological polar surface area (TPSA) is 101 Å². The van der Waals surface area contributed by atoms with Gasteiger partial charge in [0.1, 0.15) is 11.6 Å². The van der Waals surface area contributed by atoms with Crippen LogP contribution in [0.2, 0.25) is 0 Å². The zero-order valence-electron chi connectivity index (χ0n) is 14.6. The Hall–Kier alpha value is -3.56. The molecule has 0 aliphatic rings. The van der Waals surface area contributed by atoms with Crippen LogP contribution in [0.3, 0.4) is 0 Å². The molecule has 142 valence electrons. The first kappa shape index (κ1) is 18.2. The Morgan fingerprint density at radius 1 is 1.33 bits per heavy atom. The fourth-order valence-corrected chi connectivity index (χ4v) is 2.38. The highest BCUT2D eigenvalue weighted by Gasteiger charge is 2.15. The monoisotopic (exact) mass is 375 g/mol. The lowest BCUT2D eigenvalue weighted by molar-refractivity contribution is 0.381. The average Bonchev–Trinajstić information content (AvgIpc) is 3.06. The van der Waals surface area contributed by atoms with Gasteiger partial charge in [-0.15, -0.1) is 0 Å². The quantitative estimate of drug-likeness (QED) is 0.549. The van der Waals surface area contributed by atoms with Crippen LogP contribution in [0.15, 0.2) is 30.7 Å². The van der Waals surface area contributed by atoms with Crippen LogP contribution >= 0.6 is 0 Å². The number of hydrogen-bond donors (Lipinski definition) is 3. The smallest absolute Gasteiger partial charge is 0.229 e. The van der Waals surface area contributed by atoms with Gasteiger partial charge in [-0.25, -0.2) is 13.8 Å². The minimum Gasteiger partial charge on any atom is -0.494 e. The maximum atomic E-state index is 14.3. The summed E-state index contributed by atoms with van der Waals surface area (Å²) in [5.41, 5.74) is 0.858. The van der Waals surface area contributed by atoms with Crippen molar-refractivity contribution in [1.82, 2.24) is 19.7 Å². The van der Waals surface area contributed by atoms with Crippen LogP contribution in [0.25, 0.3) is 0 Å². The van der Waals surface area contributed by atoms with Crippen LogP contribution in [0.4, 0.5) is 26.2 Å². The number of benzene rings is 1. The second kappa shape index (κ2) is 7.77. The van der Waals surface area contributed by atoms with Gasteiger partial charge in [0.05, 0.1) is 24.6 Å². The van der Waals surface area contributed by atoms with Gasteiger partial charge in [0.25, 0.3) is 0 Å². The number of aryl methyl sites for hydroxylation is 1. The molecule has 0 atom stereocenters. The normalized spacial score (nSPS) is 10.5. The van der Waals surface area contributed by atoms with Gasteiger partial charge in [-0.2, -0.15) is 10.1 Å². The molecule has 1 aromatic carbocycles. The molecule has 3 aromatic rings. The van der Waals surface area contributed by atoms with E-state index in [9.17, 15) is 8.78 Å². The number of hydrogen-bond acceptors (Lipinski definition) is 7. The van der Waals surface area contributed by atoms with Crippen molar-refractivity contribution in [1.29, 1.82) is 5.41 Å². The van der Waals surface area contributed by atoms with E-state index >= 15 is 0 Å². The maximum Gasteiger partial charge on any atom is 0.229 e. The molecular weight excluding hydrogens is 356 g/mol. The Balaban J connectivity index is 0.00000280. The van der Waals surface area contributed by atoms with E-state index in [1.807, 2.05) is 0 Å². The second-order valence-corrected chi connectivity index (χ2v) is 5.57. The van der Waals surface area contributed by atoms with Crippen molar-refractivity contribution >= 4 is 23.7 Å².